The smallest absolute Gasteiger partial charge is 0.218 e. The number of rotatable bonds is 4. The van der Waals surface area contributed by atoms with Crippen LogP contribution in [0.25, 0.3) is 0 Å². The number of ketones is 1. The van der Waals surface area contributed by atoms with Crippen molar-refractivity contribution in [3.8, 4) is 5.75 Å². The van der Waals surface area contributed by atoms with Crippen LogP contribution in [0.3, 0.4) is 0 Å². The molecule has 0 saturated carbocycles. The van der Waals surface area contributed by atoms with Crippen LogP contribution in [-0.2, 0) is 0 Å². The predicted molar refractivity (Wildman–Crippen MR) is 76.1 cm³/mol. The van der Waals surface area contributed by atoms with Gasteiger partial charge in [0.05, 0.1) is 7.11 Å². The summed E-state index contributed by atoms with van der Waals surface area (Å²) in [6, 6.07) is 6.63. The quantitative estimate of drug-likeness (QED) is 0.377. The van der Waals surface area contributed by atoms with Crippen molar-refractivity contribution in [3.63, 3.8) is 0 Å². The van der Waals surface area contributed by atoms with Crippen molar-refractivity contribution >= 4 is 17.3 Å². The molecule has 1 aliphatic heterocycles. The minimum absolute atomic E-state index is 0.0583. The molecule has 0 aromatic heterocycles. The van der Waals surface area contributed by atoms with Gasteiger partial charge in [0.2, 0.25) is 5.78 Å². The number of Topliss-reactive ketones (excluding diaryl/α,β-unsaturated/α-hetero) is 1. The van der Waals surface area contributed by atoms with E-state index in [1.54, 1.807) is 31.4 Å². The summed E-state index contributed by atoms with van der Waals surface area (Å²) < 4.78 is 5.04. The van der Waals surface area contributed by atoms with E-state index in [1.807, 2.05) is 0 Å². The van der Waals surface area contributed by atoms with Crippen molar-refractivity contribution in [2.75, 3.05) is 20.2 Å². The largest absolute Gasteiger partial charge is 0.497 e. The number of hydrogen-bond donors (Lipinski definition) is 2. The highest BCUT2D eigenvalue weighted by Crippen LogP contribution is 2.12. The number of aliphatic imine (C=N–C) groups is 1. The molecule has 0 saturated heterocycles. The Hall–Kier alpha value is -2.37. The zero-order valence-corrected chi connectivity index (χ0v) is 11.3. The van der Waals surface area contributed by atoms with Crippen molar-refractivity contribution in [2.24, 2.45) is 10.1 Å². The van der Waals surface area contributed by atoms with E-state index in [1.165, 1.54) is 0 Å². The van der Waals surface area contributed by atoms with E-state index in [0.717, 1.165) is 12.8 Å². The fraction of sp³-hybridized carbons (Fsp3) is 0.357. The second kappa shape index (κ2) is 6.70. The van der Waals surface area contributed by atoms with Gasteiger partial charge in [-0.15, -0.1) is 0 Å². The van der Waals surface area contributed by atoms with Crippen LogP contribution in [0, 0.1) is 0 Å². The van der Waals surface area contributed by atoms with Crippen LogP contribution in [0.1, 0.15) is 23.2 Å². The second-order valence-electron chi connectivity index (χ2n) is 4.37. The van der Waals surface area contributed by atoms with Crippen molar-refractivity contribution in [1.82, 2.24) is 5.32 Å². The highest BCUT2D eigenvalue weighted by atomic mass is 16.5. The summed E-state index contributed by atoms with van der Waals surface area (Å²) in [4.78, 5) is 16.6. The number of nitrogens with zero attached hydrogens (tertiary/aromatic N) is 2. The third kappa shape index (κ3) is 3.14. The number of hydrogen-bond acceptors (Lipinski definition) is 6. The van der Waals surface area contributed by atoms with E-state index in [9.17, 15) is 4.79 Å². The standard InChI is InChI=1S/C14H17N3O3/c1-20-11-6-4-10(5-7-11)13(18)12(17-19)14-15-8-2-3-9-16-14/h4-7,19H,2-3,8-9H2,1H3,(H,15,16)/b17-12-. The lowest BCUT2D eigenvalue weighted by atomic mass is 10.1. The van der Waals surface area contributed by atoms with Gasteiger partial charge in [0.1, 0.15) is 5.75 Å². The molecule has 0 bridgehead atoms. The number of carbonyl (C=O) groups excluding carboxylic acids is 1. The van der Waals surface area contributed by atoms with Crippen molar-refractivity contribution in [1.29, 1.82) is 0 Å². The maximum Gasteiger partial charge on any atom is 0.218 e. The maximum atomic E-state index is 12.3. The Morgan fingerprint density at radius 3 is 2.75 bits per heavy atom. The van der Waals surface area contributed by atoms with Crippen molar-refractivity contribution in [2.45, 2.75) is 12.8 Å². The van der Waals surface area contributed by atoms with Gasteiger partial charge in [0.15, 0.2) is 11.5 Å². The topological polar surface area (TPSA) is 83.3 Å². The van der Waals surface area contributed by atoms with Gasteiger partial charge in [-0.1, -0.05) is 5.16 Å². The van der Waals surface area contributed by atoms with Crippen LogP contribution < -0.4 is 10.1 Å². The van der Waals surface area contributed by atoms with Gasteiger partial charge >= 0.3 is 0 Å². The molecular weight excluding hydrogens is 258 g/mol. The van der Waals surface area contributed by atoms with Crippen LogP contribution >= 0.6 is 0 Å². The first-order chi connectivity index (χ1) is 9.76. The monoisotopic (exact) mass is 275 g/mol. The Bertz CT molecular complexity index is 535. The summed E-state index contributed by atoms with van der Waals surface area (Å²) >= 11 is 0. The molecule has 106 valence electrons. The highest BCUT2D eigenvalue weighted by Gasteiger charge is 2.21. The molecule has 0 spiro atoms. The van der Waals surface area contributed by atoms with Gasteiger partial charge in [-0.2, -0.15) is 0 Å². The molecule has 1 heterocycles. The molecule has 0 aliphatic carbocycles. The number of amidine groups is 1. The number of ether oxygens (including phenoxy) is 1. The number of oxime groups is 1. The third-order valence-electron chi connectivity index (χ3n) is 3.04. The first-order valence-corrected chi connectivity index (χ1v) is 6.45. The molecule has 1 aromatic rings. The highest BCUT2D eigenvalue weighted by molar-refractivity contribution is 6.69. The molecule has 0 amide bonds. The SMILES string of the molecule is COc1ccc(C(=O)/C(=N/O)C2=NCCCCN2)cc1. The van der Waals surface area contributed by atoms with Gasteiger partial charge in [-0.05, 0) is 37.1 Å². The lowest BCUT2D eigenvalue weighted by molar-refractivity contribution is 0.106. The predicted octanol–water partition coefficient (Wildman–Crippen LogP) is 1.49. The number of carbonyl (C=O) groups is 1. The van der Waals surface area contributed by atoms with Crippen LogP contribution in [0.4, 0.5) is 0 Å². The Labute approximate surface area is 117 Å². The molecule has 2 N–H and O–H groups in total. The van der Waals surface area contributed by atoms with Crippen molar-refractivity contribution < 1.29 is 14.7 Å². The van der Waals surface area contributed by atoms with Crippen LogP contribution in [0.5, 0.6) is 5.75 Å². The Balaban J connectivity index is 2.22. The Morgan fingerprint density at radius 1 is 1.35 bits per heavy atom. The van der Waals surface area contributed by atoms with Crippen LogP contribution in [0.15, 0.2) is 34.4 Å². The first kappa shape index (κ1) is 14.0. The van der Waals surface area contributed by atoms with E-state index in [0.29, 0.717) is 30.2 Å². The van der Waals surface area contributed by atoms with Gasteiger partial charge in [-0.25, -0.2) is 0 Å². The first-order valence-electron chi connectivity index (χ1n) is 6.45. The lowest BCUT2D eigenvalue weighted by Gasteiger charge is -2.08. The molecule has 6 nitrogen and oxygen atoms in total. The molecule has 0 fully saturated rings. The summed E-state index contributed by atoms with van der Waals surface area (Å²) in [5.74, 6) is 0.642. The van der Waals surface area contributed by atoms with Gasteiger partial charge < -0.3 is 15.3 Å². The van der Waals surface area contributed by atoms with E-state index < -0.39 is 0 Å². The van der Waals surface area contributed by atoms with E-state index >= 15 is 0 Å². The Morgan fingerprint density at radius 2 is 2.10 bits per heavy atom. The fourth-order valence-electron chi connectivity index (χ4n) is 1.93. The normalized spacial score (nSPS) is 15.8. The van der Waals surface area contributed by atoms with E-state index in [-0.39, 0.29) is 11.5 Å². The van der Waals surface area contributed by atoms with Gasteiger partial charge in [0, 0.05) is 18.7 Å². The summed E-state index contributed by atoms with van der Waals surface area (Å²) in [5.41, 5.74) is 0.365. The number of benzene rings is 1. The zero-order valence-electron chi connectivity index (χ0n) is 11.3. The average Bonchev–Trinajstić information content (AvgIpc) is 2.77. The summed E-state index contributed by atoms with van der Waals surface area (Å²) in [6.07, 6.45) is 1.92. The average molecular weight is 275 g/mol. The lowest BCUT2D eigenvalue weighted by Crippen LogP contribution is -2.36. The Kier molecular flexibility index (Phi) is 4.70. The fourth-order valence-corrected chi connectivity index (χ4v) is 1.93. The molecule has 1 aromatic carbocycles. The molecule has 20 heavy (non-hydrogen) atoms. The molecular formula is C14H17N3O3. The van der Waals surface area contributed by atoms with Crippen LogP contribution in [0.2, 0.25) is 0 Å². The second-order valence-corrected chi connectivity index (χ2v) is 4.37. The number of nitrogens with one attached hydrogen (secondary N) is 1. The van der Waals surface area contributed by atoms with Gasteiger partial charge in [0.25, 0.3) is 0 Å². The van der Waals surface area contributed by atoms with Gasteiger partial charge in [-0.3, -0.25) is 9.79 Å². The number of methoxy groups -OCH3 is 1. The van der Waals surface area contributed by atoms with E-state index in [2.05, 4.69) is 15.5 Å². The maximum absolute atomic E-state index is 12.3. The molecule has 6 heteroatoms. The minimum atomic E-state index is -0.372. The molecule has 2 rings (SSSR count). The van der Waals surface area contributed by atoms with Crippen LogP contribution in [-0.4, -0.2) is 42.7 Å². The van der Waals surface area contributed by atoms with E-state index in [4.69, 9.17) is 9.94 Å². The zero-order chi connectivity index (χ0) is 14.4. The third-order valence-corrected chi connectivity index (χ3v) is 3.04. The summed E-state index contributed by atoms with van der Waals surface area (Å²) in [6.45, 7) is 1.34. The molecule has 0 radical (unpaired) electrons. The molecule has 1 aliphatic rings. The summed E-state index contributed by atoms with van der Waals surface area (Å²) in [7, 11) is 1.56. The molecule has 0 atom stereocenters. The summed E-state index contributed by atoms with van der Waals surface area (Å²) in [5, 5.41) is 15.3. The van der Waals surface area contributed by atoms with Crippen molar-refractivity contribution in [3.05, 3.63) is 29.8 Å². The molecule has 0 unspecified atom stereocenters. The minimum Gasteiger partial charge on any atom is -0.497 e.